The van der Waals surface area contributed by atoms with Crippen molar-refractivity contribution in [1.29, 1.82) is 0 Å². The Hall–Kier alpha value is -1.42. The van der Waals surface area contributed by atoms with E-state index in [-0.39, 0.29) is 23.7 Å². The molecule has 0 radical (unpaired) electrons. The third-order valence-electron chi connectivity index (χ3n) is 4.19. The third kappa shape index (κ3) is 3.18. The Bertz CT molecular complexity index is 471. The van der Waals surface area contributed by atoms with Crippen LogP contribution in [0.3, 0.4) is 0 Å². The molecule has 1 fully saturated rings. The molecule has 3 nitrogen and oxygen atoms in total. The van der Waals surface area contributed by atoms with Gasteiger partial charge in [0.1, 0.15) is 5.82 Å². The molecule has 4 heteroatoms. The van der Waals surface area contributed by atoms with E-state index >= 15 is 0 Å². The smallest absolute Gasteiger partial charge is 0.239 e. The Balaban J connectivity index is 1.82. The maximum absolute atomic E-state index is 13.6. The minimum atomic E-state index is -0.175. The average molecular weight is 278 g/mol. The maximum Gasteiger partial charge on any atom is 0.239 e. The lowest BCUT2D eigenvalue weighted by Gasteiger charge is -2.38. The van der Waals surface area contributed by atoms with Gasteiger partial charge in [-0.2, -0.15) is 0 Å². The summed E-state index contributed by atoms with van der Waals surface area (Å²) in [6.45, 7) is 4.57. The van der Waals surface area contributed by atoms with E-state index in [2.05, 4.69) is 5.32 Å². The highest BCUT2D eigenvalue weighted by atomic mass is 19.1. The molecule has 0 heterocycles. The number of hydrogen-bond donors (Lipinski definition) is 1. The van der Waals surface area contributed by atoms with Crippen LogP contribution in [-0.4, -0.2) is 36.5 Å². The van der Waals surface area contributed by atoms with Gasteiger partial charge in [0.15, 0.2) is 0 Å². The lowest BCUT2D eigenvalue weighted by atomic mass is 9.75. The van der Waals surface area contributed by atoms with Crippen LogP contribution >= 0.6 is 0 Å². The second-order valence-electron chi connectivity index (χ2n) is 5.63. The zero-order valence-electron chi connectivity index (χ0n) is 12.4. The van der Waals surface area contributed by atoms with Crippen molar-refractivity contribution in [3.8, 4) is 0 Å². The lowest BCUT2D eigenvalue weighted by molar-refractivity contribution is -0.131. The summed E-state index contributed by atoms with van der Waals surface area (Å²) in [6.07, 6.45) is 1.79. The van der Waals surface area contributed by atoms with Gasteiger partial charge >= 0.3 is 0 Å². The predicted octanol–water partition coefficient (Wildman–Crippen LogP) is 2.53. The molecule has 1 amide bonds. The summed E-state index contributed by atoms with van der Waals surface area (Å²) in [5.41, 5.74) is 0.801. The summed E-state index contributed by atoms with van der Waals surface area (Å²) in [5.74, 6) is 0.271. The first kappa shape index (κ1) is 15.0. The summed E-state index contributed by atoms with van der Waals surface area (Å²) >= 11 is 0. The fourth-order valence-corrected chi connectivity index (χ4v) is 2.73. The monoisotopic (exact) mass is 278 g/mol. The van der Waals surface area contributed by atoms with E-state index < -0.39 is 0 Å². The summed E-state index contributed by atoms with van der Waals surface area (Å²) in [6, 6.07) is 7.10. The van der Waals surface area contributed by atoms with E-state index in [4.69, 9.17) is 0 Å². The quantitative estimate of drug-likeness (QED) is 0.897. The predicted molar refractivity (Wildman–Crippen MR) is 78.1 cm³/mol. The summed E-state index contributed by atoms with van der Waals surface area (Å²) in [5, 5.41) is 3.34. The Morgan fingerprint density at radius 2 is 2.10 bits per heavy atom. The third-order valence-corrected chi connectivity index (χ3v) is 4.19. The lowest BCUT2D eigenvalue weighted by Crippen LogP contribution is -2.51. The standard InChI is InChI=1S/C16H23FN2O/c1-4-19(3)16(20)11(2)18-13-9-12(10-13)14-7-5-6-8-15(14)17/h5-8,11-13,18H,4,9-10H2,1-3H3. The number of carbonyl (C=O) groups excluding carboxylic acids is 1. The van der Waals surface area contributed by atoms with Crippen LogP contribution < -0.4 is 5.32 Å². The van der Waals surface area contributed by atoms with Gasteiger partial charge in [0, 0.05) is 19.6 Å². The van der Waals surface area contributed by atoms with Crippen LogP contribution in [0.1, 0.15) is 38.2 Å². The molecule has 110 valence electrons. The molecule has 1 atom stereocenters. The number of benzene rings is 1. The fraction of sp³-hybridized carbons (Fsp3) is 0.562. The molecule has 1 aliphatic rings. The van der Waals surface area contributed by atoms with Crippen LogP contribution in [0, 0.1) is 5.82 Å². The van der Waals surface area contributed by atoms with E-state index in [1.165, 1.54) is 6.07 Å². The van der Waals surface area contributed by atoms with Crippen LogP contribution in [0.2, 0.25) is 0 Å². The molecule has 2 rings (SSSR count). The molecule has 0 aromatic heterocycles. The van der Waals surface area contributed by atoms with Crippen molar-refractivity contribution in [2.24, 2.45) is 0 Å². The first-order valence-electron chi connectivity index (χ1n) is 7.28. The van der Waals surface area contributed by atoms with Gasteiger partial charge in [-0.15, -0.1) is 0 Å². The van der Waals surface area contributed by atoms with Gasteiger partial charge in [0.2, 0.25) is 5.91 Å². The number of halogens is 1. The molecule has 1 N–H and O–H groups in total. The van der Waals surface area contributed by atoms with E-state index in [9.17, 15) is 9.18 Å². The Morgan fingerprint density at radius 3 is 2.70 bits per heavy atom. The summed E-state index contributed by atoms with van der Waals surface area (Å²) < 4.78 is 13.6. The van der Waals surface area contributed by atoms with Crippen molar-refractivity contribution < 1.29 is 9.18 Å². The van der Waals surface area contributed by atoms with E-state index in [1.807, 2.05) is 33.0 Å². The van der Waals surface area contributed by atoms with Crippen LogP contribution in [0.25, 0.3) is 0 Å². The van der Waals surface area contributed by atoms with Crippen LogP contribution in [0.5, 0.6) is 0 Å². The normalized spacial score (nSPS) is 23.0. The molecule has 1 unspecified atom stereocenters. The number of hydrogen-bond acceptors (Lipinski definition) is 2. The van der Waals surface area contributed by atoms with Crippen LogP contribution in [0.15, 0.2) is 24.3 Å². The van der Waals surface area contributed by atoms with Gasteiger partial charge in [-0.05, 0) is 44.2 Å². The van der Waals surface area contributed by atoms with E-state index in [1.54, 1.807) is 11.0 Å². The number of nitrogens with zero attached hydrogens (tertiary/aromatic N) is 1. The van der Waals surface area contributed by atoms with E-state index in [0.29, 0.717) is 12.6 Å². The van der Waals surface area contributed by atoms with Crippen molar-refractivity contribution in [3.05, 3.63) is 35.6 Å². The van der Waals surface area contributed by atoms with Crippen molar-refractivity contribution >= 4 is 5.91 Å². The number of rotatable bonds is 5. The Morgan fingerprint density at radius 1 is 1.45 bits per heavy atom. The summed E-state index contributed by atoms with van der Waals surface area (Å²) in [7, 11) is 1.81. The zero-order valence-corrected chi connectivity index (χ0v) is 12.4. The van der Waals surface area contributed by atoms with Gasteiger partial charge in [0.05, 0.1) is 6.04 Å². The minimum absolute atomic E-state index is 0.113. The molecule has 1 aromatic carbocycles. The maximum atomic E-state index is 13.6. The highest BCUT2D eigenvalue weighted by molar-refractivity contribution is 5.81. The molecule has 0 spiro atoms. The van der Waals surface area contributed by atoms with Gasteiger partial charge in [0.25, 0.3) is 0 Å². The molecular formula is C16H23FN2O. The molecule has 0 aliphatic heterocycles. The molecule has 0 saturated heterocycles. The molecule has 1 aromatic rings. The van der Waals surface area contributed by atoms with E-state index in [0.717, 1.165) is 18.4 Å². The van der Waals surface area contributed by atoms with Gasteiger partial charge in [-0.25, -0.2) is 4.39 Å². The highest BCUT2D eigenvalue weighted by Crippen LogP contribution is 2.38. The fourth-order valence-electron chi connectivity index (χ4n) is 2.73. The first-order chi connectivity index (χ1) is 9.52. The number of likely N-dealkylation sites (N-methyl/N-ethyl adjacent to an activating group) is 1. The number of amides is 1. The van der Waals surface area contributed by atoms with Crippen LogP contribution in [-0.2, 0) is 4.79 Å². The second-order valence-corrected chi connectivity index (χ2v) is 5.63. The number of nitrogens with one attached hydrogen (secondary N) is 1. The summed E-state index contributed by atoms with van der Waals surface area (Å²) in [4.78, 5) is 13.7. The topological polar surface area (TPSA) is 32.3 Å². The van der Waals surface area contributed by atoms with Crippen molar-refractivity contribution in [2.45, 2.75) is 44.7 Å². The molecule has 20 heavy (non-hydrogen) atoms. The van der Waals surface area contributed by atoms with Crippen LogP contribution in [0.4, 0.5) is 4.39 Å². The second kappa shape index (κ2) is 6.35. The zero-order chi connectivity index (χ0) is 14.7. The molecule has 1 aliphatic carbocycles. The molecule has 0 bridgehead atoms. The minimum Gasteiger partial charge on any atom is -0.345 e. The Labute approximate surface area is 120 Å². The molecule has 1 saturated carbocycles. The first-order valence-corrected chi connectivity index (χ1v) is 7.28. The SMILES string of the molecule is CCN(C)C(=O)C(C)NC1CC(c2ccccc2F)C1. The average Bonchev–Trinajstić information content (AvgIpc) is 2.41. The van der Waals surface area contributed by atoms with Crippen molar-refractivity contribution in [2.75, 3.05) is 13.6 Å². The van der Waals surface area contributed by atoms with Crippen molar-refractivity contribution in [1.82, 2.24) is 10.2 Å². The number of carbonyl (C=O) groups is 1. The molecular weight excluding hydrogens is 255 g/mol. The van der Waals surface area contributed by atoms with Gasteiger partial charge in [-0.3, -0.25) is 4.79 Å². The Kier molecular flexibility index (Phi) is 4.76. The highest BCUT2D eigenvalue weighted by Gasteiger charge is 2.33. The van der Waals surface area contributed by atoms with Gasteiger partial charge in [-0.1, -0.05) is 18.2 Å². The largest absolute Gasteiger partial charge is 0.345 e. The van der Waals surface area contributed by atoms with Crippen molar-refractivity contribution in [3.63, 3.8) is 0 Å². The van der Waals surface area contributed by atoms with Gasteiger partial charge < -0.3 is 10.2 Å².